The van der Waals surface area contributed by atoms with Gasteiger partial charge in [-0.2, -0.15) is 0 Å². The lowest BCUT2D eigenvalue weighted by molar-refractivity contribution is -0.126. The van der Waals surface area contributed by atoms with Gasteiger partial charge < -0.3 is 37.3 Å². The molecule has 1 aliphatic carbocycles. The Bertz CT molecular complexity index is 1530. The molecule has 3 aromatic rings. The van der Waals surface area contributed by atoms with Crippen LogP contribution in [-0.2, 0) is 15.1 Å². The number of likely N-dealkylation sites (tertiary alicyclic amines) is 1. The molecule has 0 saturated carbocycles. The number of carbonyl (C=O) groups excluding carboxylic acids is 2. The lowest BCUT2D eigenvalue weighted by atomic mass is 9.65. The largest absolute Gasteiger partial charge is 0.465 e. The van der Waals surface area contributed by atoms with Crippen molar-refractivity contribution in [3.63, 3.8) is 0 Å². The molecule has 5 atom stereocenters. The van der Waals surface area contributed by atoms with E-state index in [2.05, 4.69) is 5.32 Å². The second-order valence-corrected chi connectivity index (χ2v) is 11.9. The second kappa shape index (κ2) is 10.4. The summed E-state index contributed by atoms with van der Waals surface area (Å²) < 4.78 is 6.01. The molecule has 3 aliphatic rings. The third-order valence-corrected chi connectivity index (χ3v) is 9.65. The monoisotopic (exact) mass is 573 g/mol. The fourth-order valence-electron chi connectivity index (χ4n) is 6.20. The van der Waals surface area contributed by atoms with Crippen LogP contribution < -0.4 is 27.3 Å². The van der Waals surface area contributed by atoms with Crippen molar-refractivity contribution in [1.82, 2.24) is 10.2 Å². The van der Waals surface area contributed by atoms with Gasteiger partial charge >= 0.3 is 6.09 Å². The van der Waals surface area contributed by atoms with Crippen LogP contribution in [0.5, 0.6) is 11.5 Å². The molecule has 2 heterocycles. The minimum absolute atomic E-state index is 0.210. The first-order chi connectivity index (χ1) is 19.7. The van der Waals surface area contributed by atoms with Gasteiger partial charge in [-0.05, 0) is 59.9 Å². The summed E-state index contributed by atoms with van der Waals surface area (Å²) in [6, 6.07) is 18.4. The number of hydrogen-bond donors (Lipinski definition) is 5. The van der Waals surface area contributed by atoms with Gasteiger partial charge in [-0.1, -0.05) is 36.4 Å². The first-order valence-electron chi connectivity index (χ1n) is 13.5. The van der Waals surface area contributed by atoms with Gasteiger partial charge in [0.25, 0.3) is 0 Å². The summed E-state index contributed by atoms with van der Waals surface area (Å²) >= 11 is 1.28. The molecular formula is C30H31N5O5S. The number of rotatable bonds is 5. The summed E-state index contributed by atoms with van der Waals surface area (Å²) in [5.74, 6) is -0.183. The van der Waals surface area contributed by atoms with Crippen LogP contribution in [0.1, 0.15) is 35.4 Å². The van der Waals surface area contributed by atoms with E-state index in [0.717, 1.165) is 5.56 Å². The van der Waals surface area contributed by atoms with Crippen LogP contribution in [0.3, 0.4) is 0 Å². The highest BCUT2D eigenvalue weighted by Gasteiger charge is 2.56. The molecular weight excluding hydrogens is 542 g/mol. The van der Waals surface area contributed by atoms with E-state index in [9.17, 15) is 19.5 Å². The molecule has 2 amide bonds. The SMILES string of the molecule is Nc1ccc2c3c1SC(C(=O)NC1CCCN(C(=O)O)C1)C3C(N)C(=O)C2(N)c1cccc(Oc2ccccc2)c1. The molecule has 3 aromatic carbocycles. The summed E-state index contributed by atoms with van der Waals surface area (Å²) in [7, 11) is 0. The minimum Gasteiger partial charge on any atom is -0.465 e. The standard InChI is InChI=1S/C30H31N5O5S/c31-21-12-11-20-22-23(26(41-25(21)22)28(37)34-17-7-5-13-35(15-17)29(38)39)24(32)27(36)30(20,33)16-6-4-10-19(14-16)40-18-8-2-1-3-9-18/h1-4,6,8-12,14,17,23-24,26H,5,7,13,15,31-33H2,(H,34,37)(H,38,39). The molecule has 1 saturated heterocycles. The minimum atomic E-state index is -1.58. The number of para-hydroxylation sites is 1. The Morgan fingerprint density at radius 1 is 1.07 bits per heavy atom. The van der Waals surface area contributed by atoms with Gasteiger partial charge in [0.1, 0.15) is 17.0 Å². The van der Waals surface area contributed by atoms with Crippen molar-refractivity contribution < 1.29 is 24.2 Å². The first-order valence-corrected chi connectivity index (χ1v) is 14.4. The Kier molecular flexibility index (Phi) is 6.88. The molecule has 2 aliphatic heterocycles. The number of ether oxygens (including phenoxy) is 1. The number of piperidine rings is 1. The van der Waals surface area contributed by atoms with Crippen molar-refractivity contribution in [2.24, 2.45) is 11.5 Å². The summed E-state index contributed by atoms with van der Waals surface area (Å²) in [6.07, 6.45) is 0.300. The lowest BCUT2D eigenvalue weighted by Gasteiger charge is -2.41. The van der Waals surface area contributed by atoms with Gasteiger partial charge in [0.05, 0.1) is 11.3 Å². The zero-order valence-electron chi connectivity index (χ0n) is 22.2. The first kappa shape index (κ1) is 27.1. The molecule has 0 bridgehead atoms. The quantitative estimate of drug-likeness (QED) is 0.288. The van der Waals surface area contributed by atoms with Gasteiger partial charge in [-0.25, -0.2) is 4.79 Å². The Morgan fingerprint density at radius 3 is 2.59 bits per heavy atom. The van der Waals surface area contributed by atoms with Gasteiger partial charge in [-0.3, -0.25) is 9.59 Å². The number of nitrogens with one attached hydrogen (secondary N) is 1. The molecule has 0 aromatic heterocycles. The number of ketones is 1. The van der Waals surface area contributed by atoms with Crippen LogP contribution in [0, 0.1) is 0 Å². The van der Waals surface area contributed by atoms with E-state index in [4.69, 9.17) is 21.9 Å². The van der Waals surface area contributed by atoms with Crippen molar-refractivity contribution in [1.29, 1.82) is 0 Å². The number of benzene rings is 3. The smallest absolute Gasteiger partial charge is 0.407 e. The summed E-state index contributed by atoms with van der Waals surface area (Å²) in [5.41, 5.74) is 20.7. The number of nitrogens with zero attached hydrogens (tertiary/aromatic N) is 1. The molecule has 5 unspecified atom stereocenters. The third-order valence-electron chi connectivity index (χ3n) is 8.20. The normalized spacial score (nSPS) is 26.8. The van der Waals surface area contributed by atoms with E-state index >= 15 is 0 Å². The van der Waals surface area contributed by atoms with E-state index in [1.807, 2.05) is 30.3 Å². The number of hydrogen-bond acceptors (Lipinski definition) is 8. The summed E-state index contributed by atoms with van der Waals surface area (Å²) in [6.45, 7) is 0.644. The molecule has 41 heavy (non-hydrogen) atoms. The van der Waals surface area contributed by atoms with Crippen molar-refractivity contribution in [2.45, 2.75) is 46.5 Å². The van der Waals surface area contributed by atoms with Crippen LogP contribution in [0.2, 0.25) is 0 Å². The molecule has 1 fully saturated rings. The molecule has 0 radical (unpaired) electrons. The molecule has 6 rings (SSSR count). The van der Waals surface area contributed by atoms with Crippen LogP contribution in [0.4, 0.5) is 10.5 Å². The van der Waals surface area contributed by atoms with E-state index < -0.39 is 34.6 Å². The van der Waals surface area contributed by atoms with Crippen LogP contribution in [0.15, 0.2) is 71.6 Å². The van der Waals surface area contributed by atoms with Crippen molar-refractivity contribution in [2.75, 3.05) is 18.8 Å². The lowest BCUT2D eigenvalue weighted by Crippen LogP contribution is -2.61. The molecule has 10 nitrogen and oxygen atoms in total. The summed E-state index contributed by atoms with van der Waals surface area (Å²) in [4.78, 5) is 41.2. The molecule has 8 N–H and O–H groups in total. The van der Waals surface area contributed by atoms with Gasteiger partial charge in [0.15, 0.2) is 5.78 Å². The average Bonchev–Trinajstić information content (AvgIpc) is 3.38. The van der Waals surface area contributed by atoms with Crippen LogP contribution in [-0.4, -0.2) is 58.2 Å². The molecule has 11 heteroatoms. The van der Waals surface area contributed by atoms with Gasteiger partial charge in [-0.15, -0.1) is 11.8 Å². The maximum Gasteiger partial charge on any atom is 0.407 e. The van der Waals surface area contributed by atoms with E-state index in [1.165, 1.54) is 16.7 Å². The van der Waals surface area contributed by atoms with Crippen molar-refractivity contribution in [3.8, 4) is 11.5 Å². The topological polar surface area (TPSA) is 174 Å². The van der Waals surface area contributed by atoms with Crippen molar-refractivity contribution >= 4 is 35.2 Å². The van der Waals surface area contributed by atoms with E-state index in [1.54, 1.807) is 36.4 Å². The molecule has 212 valence electrons. The van der Waals surface area contributed by atoms with Crippen molar-refractivity contribution in [3.05, 3.63) is 83.4 Å². The highest BCUT2D eigenvalue weighted by Crippen LogP contribution is 2.56. The Morgan fingerprint density at radius 2 is 1.83 bits per heavy atom. The second-order valence-electron chi connectivity index (χ2n) is 10.7. The Balaban J connectivity index is 1.34. The van der Waals surface area contributed by atoms with Gasteiger partial charge in [0, 0.05) is 35.6 Å². The maximum atomic E-state index is 14.1. The third kappa shape index (κ3) is 4.59. The number of amides is 2. The van der Waals surface area contributed by atoms with E-state index in [0.29, 0.717) is 52.6 Å². The predicted molar refractivity (Wildman–Crippen MR) is 155 cm³/mol. The van der Waals surface area contributed by atoms with Crippen LogP contribution >= 0.6 is 11.8 Å². The highest BCUT2D eigenvalue weighted by atomic mass is 32.2. The fourth-order valence-corrected chi connectivity index (χ4v) is 7.65. The Labute approximate surface area is 241 Å². The number of nitrogens with two attached hydrogens (primary N) is 3. The Hall–Kier alpha value is -4.06. The van der Waals surface area contributed by atoms with Gasteiger partial charge in [0.2, 0.25) is 5.91 Å². The van der Waals surface area contributed by atoms with Crippen LogP contribution in [0.25, 0.3) is 0 Å². The number of nitrogen functional groups attached to an aromatic ring is 1. The number of carbonyl (C=O) groups is 3. The zero-order chi connectivity index (χ0) is 28.9. The predicted octanol–water partition coefficient (Wildman–Crippen LogP) is 2.99. The maximum absolute atomic E-state index is 14.1. The summed E-state index contributed by atoms with van der Waals surface area (Å²) in [5, 5.41) is 11.7. The number of thioether (sulfide) groups is 1. The highest BCUT2D eigenvalue weighted by molar-refractivity contribution is 8.01. The number of carboxylic acid groups (broad SMARTS) is 1. The zero-order valence-corrected chi connectivity index (χ0v) is 23.0. The fraction of sp³-hybridized carbons (Fsp3) is 0.300. The molecule has 0 spiro atoms. The number of anilines is 1. The number of Topliss-reactive ketones (excluding diaryl/α,β-unsaturated/α-hetero) is 1. The van der Waals surface area contributed by atoms with E-state index in [-0.39, 0.29) is 18.5 Å². The average molecular weight is 574 g/mol.